The number of nitrogens with zero attached hydrogens (tertiary/aromatic N) is 2. The van der Waals surface area contributed by atoms with E-state index in [1.165, 1.54) is 5.56 Å². The molecule has 3 nitrogen and oxygen atoms in total. The molecule has 1 aromatic carbocycles. The third-order valence-corrected chi connectivity index (χ3v) is 2.64. The highest BCUT2D eigenvalue weighted by Gasteiger charge is 2.08. The largest absolute Gasteiger partial charge is 0.309 e. The zero-order valence-electron chi connectivity index (χ0n) is 10.9. The Hall–Kier alpha value is -1.37. The maximum atomic E-state index is 9.16. The van der Waals surface area contributed by atoms with Crippen LogP contribution in [0.25, 0.3) is 0 Å². The first-order chi connectivity index (χ1) is 8.13. The SMILES string of the molecule is Cc1cccc(C(C#N)NCCCN(C)C)c1. The maximum absolute atomic E-state index is 9.16. The summed E-state index contributed by atoms with van der Waals surface area (Å²) in [7, 11) is 4.12. The number of rotatable bonds is 6. The quantitative estimate of drug-likeness (QED) is 0.762. The van der Waals surface area contributed by atoms with E-state index < -0.39 is 0 Å². The fraction of sp³-hybridized carbons (Fsp3) is 0.500. The van der Waals surface area contributed by atoms with Crippen molar-refractivity contribution >= 4 is 0 Å². The van der Waals surface area contributed by atoms with Crippen LogP contribution in [0, 0.1) is 18.3 Å². The van der Waals surface area contributed by atoms with E-state index in [9.17, 15) is 0 Å². The molecule has 0 saturated heterocycles. The van der Waals surface area contributed by atoms with Crippen molar-refractivity contribution in [2.75, 3.05) is 27.2 Å². The van der Waals surface area contributed by atoms with Gasteiger partial charge in [-0.25, -0.2) is 0 Å². The molecular formula is C14H21N3. The van der Waals surface area contributed by atoms with E-state index in [2.05, 4.69) is 36.4 Å². The van der Waals surface area contributed by atoms with E-state index in [0.717, 1.165) is 25.1 Å². The van der Waals surface area contributed by atoms with Gasteiger partial charge in [-0.2, -0.15) is 5.26 Å². The molecule has 1 aromatic rings. The zero-order chi connectivity index (χ0) is 12.7. The molecule has 0 aromatic heterocycles. The molecule has 0 aliphatic carbocycles. The van der Waals surface area contributed by atoms with Crippen molar-refractivity contribution in [2.24, 2.45) is 0 Å². The lowest BCUT2D eigenvalue weighted by atomic mass is 10.1. The molecule has 0 bridgehead atoms. The second-order valence-electron chi connectivity index (χ2n) is 4.59. The van der Waals surface area contributed by atoms with Crippen LogP contribution in [0.2, 0.25) is 0 Å². The summed E-state index contributed by atoms with van der Waals surface area (Å²) in [6, 6.07) is 10.2. The predicted octanol–water partition coefficient (Wildman–Crippen LogP) is 2.10. The minimum Gasteiger partial charge on any atom is -0.309 e. The molecule has 17 heavy (non-hydrogen) atoms. The monoisotopic (exact) mass is 231 g/mol. The van der Waals surface area contributed by atoms with Crippen LogP contribution in [-0.4, -0.2) is 32.1 Å². The summed E-state index contributed by atoms with van der Waals surface area (Å²) in [5.74, 6) is 0. The number of aryl methyl sites for hydroxylation is 1. The molecule has 1 rings (SSSR count). The molecule has 3 heteroatoms. The molecule has 0 fully saturated rings. The summed E-state index contributed by atoms with van der Waals surface area (Å²) in [5.41, 5.74) is 2.25. The summed E-state index contributed by atoms with van der Waals surface area (Å²) in [6.45, 7) is 3.95. The van der Waals surface area contributed by atoms with Gasteiger partial charge < -0.3 is 4.90 Å². The Labute approximate surface area is 104 Å². The average molecular weight is 231 g/mol. The fourth-order valence-electron chi connectivity index (χ4n) is 1.73. The Morgan fingerprint density at radius 2 is 2.18 bits per heavy atom. The van der Waals surface area contributed by atoms with Crippen LogP contribution in [0.4, 0.5) is 0 Å². The summed E-state index contributed by atoms with van der Waals surface area (Å²) >= 11 is 0. The molecule has 1 unspecified atom stereocenters. The molecule has 0 amide bonds. The van der Waals surface area contributed by atoms with Gasteiger partial charge in [-0.3, -0.25) is 5.32 Å². The topological polar surface area (TPSA) is 39.1 Å². The highest BCUT2D eigenvalue weighted by Crippen LogP contribution is 2.13. The number of hydrogen-bond donors (Lipinski definition) is 1. The van der Waals surface area contributed by atoms with Crippen molar-refractivity contribution in [3.05, 3.63) is 35.4 Å². The lowest BCUT2D eigenvalue weighted by Gasteiger charge is -2.14. The van der Waals surface area contributed by atoms with Gasteiger partial charge in [0.05, 0.1) is 6.07 Å². The van der Waals surface area contributed by atoms with Crippen molar-refractivity contribution in [1.82, 2.24) is 10.2 Å². The van der Waals surface area contributed by atoms with Crippen molar-refractivity contribution in [1.29, 1.82) is 5.26 Å². The summed E-state index contributed by atoms with van der Waals surface area (Å²) in [5, 5.41) is 12.4. The van der Waals surface area contributed by atoms with E-state index in [4.69, 9.17) is 5.26 Å². The molecule has 0 aliphatic heterocycles. The Morgan fingerprint density at radius 1 is 1.41 bits per heavy atom. The van der Waals surface area contributed by atoms with Crippen LogP contribution < -0.4 is 5.32 Å². The molecule has 0 aliphatic rings. The Morgan fingerprint density at radius 3 is 2.76 bits per heavy atom. The molecule has 1 N–H and O–H groups in total. The van der Waals surface area contributed by atoms with E-state index in [-0.39, 0.29) is 6.04 Å². The minimum absolute atomic E-state index is 0.197. The fourth-order valence-corrected chi connectivity index (χ4v) is 1.73. The van der Waals surface area contributed by atoms with Crippen LogP contribution in [0.3, 0.4) is 0 Å². The Balaban J connectivity index is 2.47. The van der Waals surface area contributed by atoms with E-state index >= 15 is 0 Å². The first kappa shape index (κ1) is 13.7. The van der Waals surface area contributed by atoms with Gasteiger partial charge in [0.15, 0.2) is 0 Å². The number of benzene rings is 1. The van der Waals surface area contributed by atoms with Crippen LogP contribution in [0.5, 0.6) is 0 Å². The average Bonchev–Trinajstić information content (AvgIpc) is 2.29. The minimum atomic E-state index is -0.197. The molecule has 0 heterocycles. The lowest BCUT2D eigenvalue weighted by molar-refractivity contribution is 0.392. The van der Waals surface area contributed by atoms with Crippen molar-refractivity contribution in [3.63, 3.8) is 0 Å². The van der Waals surface area contributed by atoms with Crippen LogP contribution in [0.15, 0.2) is 24.3 Å². The second kappa shape index (κ2) is 7.05. The summed E-state index contributed by atoms with van der Waals surface area (Å²) in [6.07, 6.45) is 1.05. The smallest absolute Gasteiger partial charge is 0.121 e. The van der Waals surface area contributed by atoms with E-state index in [1.54, 1.807) is 0 Å². The van der Waals surface area contributed by atoms with Gasteiger partial charge in [0.1, 0.15) is 6.04 Å². The molecule has 92 valence electrons. The maximum Gasteiger partial charge on any atom is 0.121 e. The van der Waals surface area contributed by atoms with Crippen LogP contribution in [0.1, 0.15) is 23.6 Å². The molecule has 0 spiro atoms. The van der Waals surface area contributed by atoms with Gasteiger partial charge in [-0.1, -0.05) is 29.8 Å². The third-order valence-electron chi connectivity index (χ3n) is 2.64. The number of hydrogen-bond acceptors (Lipinski definition) is 3. The van der Waals surface area contributed by atoms with Gasteiger partial charge in [-0.15, -0.1) is 0 Å². The van der Waals surface area contributed by atoms with Gasteiger partial charge in [-0.05, 0) is 46.1 Å². The van der Waals surface area contributed by atoms with Crippen LogP contribution in [-0.2, 0) is 0 Å². The van der Waals surface area contributed by atoms with Gasteiger partial charge in [0.25, 0.3) is 0 Å². The second-order valence-corrected chi connectivity index (χ2v) is 4.59. The summed E-state index contributed by atoms with van der Waals surface area (Å²) in [4.78, 5) is 2.15. The van der Waals surface area contributed by atoms with Crippen molar-refractivity contribution in [2.45, 2.75) is 19.4 Å². The lowest BCUT2D eigenvalue weighted by Crippen LogP contribution is -2.24. The zero-order valence-corrected chi connectivity index (χ0v) is 10.9. The number of nitriles is 1. The Kier molecular flexibility index (Phi) is 5.68. The Bertz CT molecular complexity index is 379. The first-order valence-electron chi connectivity index (χ1n) is 5.98. The molecule has 0 saturated carbocycles. The van der Waals surface area contributed by atoms with Gasteiger partial charge >= 0.3 is 0 Å². The molecule has 1 atom stereocenters. The highest BCUT2D eigenvalue weighted by molar-refractivity contribution is 5.28. The number of nitrogens with one attached hydrogen (secondary N) is 1. The highest BCUT2D eigenvalue weighted by atomic mass is 15.1. The van der Waals surface area contributed by atoms with E-state index in [1.807, 2.05) is 25.1 Å². The van der Waals surface area contributed by atoms with E-state index in [0.29, 0.717) is 0 Å². The first-order valence-corrected chi connectivity index (χ1v) is 5.98. The predicted molar refractivity (Wildman–Crippen MR) is 70.7 cm³/mol. The van der Waals surface area contributed by atoms with Crippen molar-refractivity contribution in [3.8, 4) is 6.07 Å². The van der Waals surface area contributed by atoms with Crippen molar-refractivity contribution < 1.29 is 0 Å². The third kappa shape index (κ3) is 4.99. The standard InChI is InChI=1S/C14H21N3/c1-12-6-4-7-13(10-12)14(11-15)16-8-5-9-17(2)3/h4,6-7,10,14,16H,5,8-9H2,1-3H3. The molecular weight excluding hydrogens is 210 g/mol. The summed E-state index contributed by atoms with van der Waals surface area (Å²) < 4.78 is 0. The van der Waals surface area contributed by atoms with Crippen LogP contribution >= 0.6 is 0 Å². The molecule has 0 radical (unpaired) electrons. The van der Waals surface area contributed by atoms with Gasteiger partial charge in [0.2, 0.25) is 0 Å². The normalized spacial score (nSPS) is 12.4. The van der Waals surface area contributed by atoms with Gasteiger partial charge in [0, 0.05) is 0 Å².